The number of nitrogens with one attached hydrogen (secondary N) is 2. The third kappa shape index (κ3) is 5.38. The molecular weight excluding hydrogens is 426 g/mol. The third-order valence-electron chi connectivity index (χ3n) is 6.85. The summed E-state index contributed by atoms with van der Waals surface area (Å²) in [6.07, 6.45) is 8.87. The van der Waals surface area contributed by atoms with Crippen LogP contribution < -0.4 is 10.6 Å². The first-order chi connectivity index (χ1) is 15.1. The van der Waals surface area contributed by atoms with Crippen LogP contribution in [0.1, 0.15) is 75.3 Å². The van der Waals surface area contributed by atoms with E-state index in [9.17, 15) is 9.59 Å². The molecule has 2 N–H and O–H groups in total. The molecule has 0 aliphatic heterocycles. The van der Waals surface area contributed by atoms with Crippen molar-refractivity contribution in [3.05, 3.63) is 28.5 Å². The summed E-state index contributed by atoms with van der Waals surface area (Å²) in [4.78, 5) is 28.8. The number of carbonyl (C=O) groups is 2. The summed E-state index contributed by atoms with van der Waals surface area (Å²) < 4.78 is 5.17. The topological polar surface area (TPSA) is 80.3 Å². The monoisotopic (exact) mass is 457 g/mol. The number of nitrogens with zero attached hydrogens (tertiary/aromatic N) is 1. The van der Waals surface area contributed by atoms with E-state index >= 15 is 0 Å². The van der Waals surface area contributed by atoms with E-state index in [-0.39, 0.29) is 22.9 Å². The zero-order chi connectivity index (χ0) is 22.9. The van der Waals surface area contributed by atoms with Gasteiger partial charge in [-0.3, -0.25) is 4.79 Å². The van der Waals surface area contributed by atoms with Gasteiger partial charge in [0.05, 0.1) is 17.1 Å². The summed E-state index contributed by atoms with van der Waals surface area (Å²) >= 11 is 6.45. The minimum atomic E-state index is -0.569. The Kier molecular flexibility index (Phi) is 6.40. The molecule has 32 heavy (non-hydrogen) atoms. The molecule has 4 aliphatic carbocycles. The Labute approximate surface area is 195 Å². The van der Waals surface area contributed by atoms with Crippen LogP contribution in [0.25, 0.3) is 0 Å². The van der Waals surface area contributed by atoms with Crippen LogP contribution in [0.15, 0.2) is 12.3 Å². The zero-order valence-corrected chi connectivity index (χ0v) is 19.8. The van der Waals surface area contributed by atoms with Gasteiger partial charge >= 0.3 is 6.09 Å². The Morgan fingerprint density at radius 1 is 1.16 bits per heavy atom. The Morgan fingerprint density at radius 3 is 2.38 bits per heavy atom. The largest absolute Gasteiger partial charge is 0.444 e. The molecule has 172 valence electrons. The molecule has 6 nitrogen and oxygen atoms in total. The smallest absolute Gasteiger partial charge is 0.408 e. The number of carbonyl (C=O) groups excluding carboxylic acids is 2. The van der Waals surface area contributed by atoms with Gasteiger partial charge in [0.2, 0.25) is 0 Å². The molecule has 7 heteroatoms. The normalized spacial score (nSPS) is 27.9. The molecule has 0 unspecified atom stereocenters. The lowest BCUT2D eigenvalue weighted by Crippen LogP contribution is -2.51. The molecule has 1 aromatic rings. The molecule has 0 radical (unpaired) electrons. The number of pyridine rings is 1. The fourth-order valence-corrected chi connectivity index (χ4v) is 6.38. The first-order valence-corrected chi connectivity index (χ1v) is 11.9. The summed E-state index contributed by atoms with van der Waals surface area (Å²) in [7, 11) is 0. The van der Waals surface area contributed by atoms with Crippen LogP contribution >= 0.6 is 11.6 Å². The number of aromatic nitrogens is 1. The SMILES string of the molecule is CC(C)(C)OC(=O)NCC#Cc1nccc(C(=O)NCC23CC4CC(CC(C4)C2)C3)c1Cl. The predicted octanol–water partition coefficient (Wildman–Crippen LogP) is 4.56. The van der Waals surface area contributed by atoms with Crippen LogP contribution in [0.4, 0.5) is 4.79 Å². The highest BCUT2D eigenvalue weighted by atomic mass is 35.5. The fraction of sp³-hybridized carbons (Fsp3) is 0.640. The molecule has 0 saturated heterocycles. The summed E-state index contributed by atoms with van der Waals surface area (Å²) in [5.74, 6) is 8.00. The van der Waals surface area contributed by atoms with E-state index in [1.54, 1.807) is 26.8 Å². The van der Waals surface area contributed by atoms with Crippen molar-refractivity contribution in [2.24, 2.45) is 23.2 Å². The lowest BCUT2D eigenvalue weighted by Gasteiger charge is -2.56. The van der Waals surface area contributed by atoms with E-state index < -0.39 is 11.7 Å². The maximum Gasteiger partial charge on any atom is 0.408 e. The molecule has 0 spiro atoms. The number of hydrogen-bond acceptors (Lipinski definition) is 4. The van der Waals surface area contributed by atoms with Gasteiger partial charge in [0, 0.05) is 12.7 Å². The molecule has 5 rings (SSSR count). The number of ether oxygens (including phenoxy) is 1. The molecule has 2 amide bonds. The number of hydrogen-bond donors (Lipinski definition) is 2. The molecule has 4 fully saturated rings. The predicted molar refractivity (Wildman–Crippen MR) is 123 cm³/mol. The van der Waals surface area contributed by atoms with E-state index in [0.717, 1.165) is 24.3 Å². The number of amides is 2. The molecule has 4 saturated carbocycles. The molecule has 0 atom stereocenters. The van der Waals surface area contributed by atoms with Crippen LogP contribution in [-0.2, 0) is 4.74 Å². The van der Waals surface area contributed by atoms with Gasteiger partial charge in [-0.1, -0.05) is 17.5 Å². The van der Waals surface area contributed by atoms with E-state index in [2.05, 4.69) is 27.5 Å². The van der Waals surface area contributed by atoms with Crippen molar-refractivity contribution < 1.29 is 14.3 Å². The number of alkyl carbamates (subject to hydrolysis) is 1. The van der Waals surface area contributed by atoms with Gasteiger partial charge in [-0.25, -0.2) is 9.78 Å². The Balaban J connectivity index is 1.34. The number of halogens is 1. The van der Waals surface area contributed by atoms with Crippen molar-refractivity contribution in [3.8, 4) is 11.8 Å². The lowest BCUT2D eigenvalue weighted by molar-refractivity contribution is -0.0503. The highest BCUT2D eigenvalue weighted by Gasteiger charge is 2.50. The van der Waals surface area contributed by atoms with Crippen LogP contribution in [0.3, 0.4) is 0 Å². The second kappa shape index (κ2) is 8.94. The van der Waals surface area contributed by atoms with Crippen LogP contribution in [-0.4, -0.2) is 35.7 Å². The van der Waals surface area contributed by atoms with Gasteiger partial charge in [0.25, 0.3) is 5.91 Å². The van der Waals surface area contributed by atoms with Gasteiger partial charge in [-0.15, -0.1) is 0 Å². The van der Waals surface area contributed by atoms with E-state index in [0.29, 0.717) is 11.3 Å². The van der Waals surface area contributed by atoms with Crippen molar-refractivity contribution >= 4 is 23.6 Å². The Morgan fingerprint density at radius 2 is 1.78 bits per heavy atom. The highest BCUT2D eigenvalue weighted by molar-refractivity contribution is 6.34. The lowest BCUT2D eigenvalue weighted by atomic mass is 9.49. The quantitative estimate of drug-likeness (QED) is 0.649. The molecule has 0 aromatic carbocycles. The molecule has 4 bridgehead atoms. The second-order valence-corrected chi connectivity index (χ2v) is 11.2. The Bertz CT molecular complexity index is 922. The van der Waals surface area contributed by atoms with Crippen molar-refractivity contribution in [1.82, 2.24) is 15.6 Å². The first kappa shape index (κ1) is 22.9. The molecule has 1 heterocycles. The third-order valence-corrected chi connectivity index (χ3v) is 7.23. The molecule has 4 aliphatic rings. The van der Waals surface area contributed by atoms with Crippen LogP contribution in [0, 0.1) is 35.0 Å². The van der Waals surface area contributed by atoms with E-state index in [1.807, 2.05) is 0 Å². The highest BCUT2D eigenvalue weighted by Crippen LogP contribution is 2.59. The standard InChI is InChI=1S/C25H32ClN3O3/c1-24(2,3)32-23(31)28-7-4-5-20-21(26)19(6-8-27-20)22(30)29-15-25-12-16-9-17(13-25)11-18(10-16)14-25/h6,8,16-18H,7,9-15H2,1-3H3,(H,28,31)(H,29,30). The van der Waals surface area contributed by atoms with Gasteiger partial charge in [-0.05, 0) is 94.5 Å². The summed E-state index contributed by atoms with van der Waals surface area (Å²) in [5.41, 5.74) is 0.399. The van der Waals surface area contributed by atoms with Crippen molar-refractivity contribution in [3.63, 3.8) is 0 Å². The van der Waals surface area contributed by atoms with Crippen LogP contribution in [0.5, 0.6) is 0 Å². The van der Waals surface area contributed by atoms with Gasteiger partial charge < -0.3 is 15.4 Å². The van der Waals surface area contributed by atoms with Gasteiger partial charge in [0.1, 0.15) is 11.3 Å². The van der Waals surface area contributed by atoms with Gasteiger partial charge in [0.15, 0.2) is 0 Å². The maximum atomic E-state index is 12.9. The van der Waals surface area contributed by atoms with E-state index in [4.69, 9.17) is 16.3 Å². The number of rotatable bonds is 4. The van der Waals surface area contributed by atoms with Gasteiger partial charge in [-0.2, -0.15) is 0 Å². The van der Waals surface area contributed by atoms with Crippen LogP contribution in [0.2, 0.25) is 5.02 Å². The molecular formula is C25H32ClN3O3. The summed E-state index contributed by atoms with van der Waals surface area (Å²) in [6, 6.07) is 1.63. The fourth-order valence-electron chi connectivity index (χ4n) is 6.13. The van der Waals surface area contributed by atoms with E-state index in [1.165, 1.54) is 44.7 Å². The van der Waals surface area contributed by atoms with Crippen molar-refractivity contribution in [2.75, 3.05) is 13.1 Å². The minimum absolute atomic E-state index is 0.0926. The van der Waals surface area contributed by atoms with Crippen molar-refractivity contribution in [1.29, 1.82) is 0 Å². The average Bonchev–Trinajstić information content (AvgIpc) is 2.68. The molecule has 1 aromatic heterocycles. The Hall–Kier alpha value is -2.26. The summed E-state index contributed by atoms with van der Waals surface area (Å²) in [6.45, 7) is 6.19. The van der Waals surface area contributed by atoms with Crippen molar-refractivity contribution in [2.45, 2.75) is 64.9 Å². The average molecular weight is 458 g/mol. The zero-order valence-electron chi connectivity index (χ0n) is 19.1. The second-order valence-electron chi connectivity index (χ2n) is 10.8. The minimum Gasteiger partial charge on any atom is -0.444 e. The summed E-state index contributed by atoms with van der Waals surface area (Å²) in [5, 5.41) is 5.96. The maximum absolute atomic E-state index is 12.9. The first-order valence-electron chi connectivity index (χ1n) is 11.5.